The Morgan fingerprint density at radius 1 is 1.32 bits per heavy atom. The Labute approximate surface area is 155 Å². The highest BCUT2D eigenvalue weighted by atomic mass is 35.5. The van der Waals surface area contributed by atoms with E-state index in [0.717, 1.165) is 11.3 Å². The molecule has 6 nitrogen and oxygen atoms in total. The Bertz CT molecular complexity index is 985. The average Bonchev–Trinajstić information content (AvgIpc) is 3.15. The molecule has 0 aliphatic rings. The van der Waals surface area contributed by atoms with Crippen LogP contribution in [0.1, 0.15) is 5.01 Å². The van der Waals surface area contributed by atoms with Gasteiger partial charge >= 0.3 is 0 Å². The summed E-state index contributed by atoms with van der Waals surface area (Å²) in [6.45, 7) is 0.397. The van der Waals surface area contributed by atoms with Crippen molar-refractivity contribution in [1.29, 1.82) is 0 Å². The quantitative estimate of drug-likeness (QED) is 0.710. The largest absolute Gasteiger partial charge is 0.314 e. The van der Waals surface area contributed by atoms with Crippen LogP contribution in [-0.4, -0.2) is 30.2 Å². The molecule has 3 rings (SSSR count). The van der Waals surface area contributed by atoms with Crippen molar-refractivity contribution in [1.82, 2.24) is 20.1 Å². The van der Waals surface area contributed by atoms with Crippen molar-refractivity contribution in [3.8, 4) is 11.3 Å². The Morgan fingerprint density at radius 2 is 2.04 bits per heavy atom. The van der Waals surface area contributed by atoms with E-state index in [-0.39, 0.29) is 32.8 Å². The first-order chi connectivity index (χ1) is 11.4. The van der Waals surface area contributed by atoms with Crippen molar-refractivity contribution in [2.75, 3.05) is 7.05 Å². The zero-order chi connectivity index (χ0) is 17.3. The molecule has 0 fully saturated rings. The van der Waals surface area contributed by atoms with Crippen molar-refractivity contribution in [3.05, 3.63) is 47.5 Å². The number of thiazole rings is 1. The molecule has 0 spiro atoms. The van der Waals surface area contributed by atoms with Gasteiger partial charge in [-0.25, -0.2) is 17.8 Å². The van der Waals surface area contributed by atoms with Gasteiger partial charge in [0.1, 0.15) is 21.4 Å². The lowest BCUT2D eigenvalue weighted by atomic mass is 10.1. The van der Waals surface area contributed by atoms with E-state index >= 15 is 0 Å². The summed E-state index contributed by atoms with van der Waals surface area (Å²) in [6.07, 6.45) is 2.69. The van der Waals surface area contributed by atoms with Crippen LogP contribution in [0.4, 0.5) is 4.39 Å². The molecule has 2 aromatic heterocycles. The van der Waals surface area contributed by atoms with Crippen LogP contribution in [0.5, 0.6) is 0 Å². The van der Waals surface area contributed by atoms with Crippen LogP contribution in [0, 0.1) is 5.82 Å². The van der Waals surface area contributed by atoms with Gasteiger partial charge in [0.25, 0.3) is 0 Å². The van der Waals surface area contributed by atoms with E-state index < -0.39 is 15.7 Å². The monoisotopic (exact) mass is 402 g/mol. The van der Waals surface area contributed by atoms with Crippen molar-refractivity contribution < 1.29 is 12.8 Å². The third-order valence-corrected chi connectivity index (χ3v) is 6.60. The lowest BCUT2D eigenvalue weighted by Gasteiger charge is -2.03. The van der Waals surface area contributed by atoms with E-state index in [4.69, 9.17) is 0 Å². The summed E-state index contributed by atoms with van der Waals surface area (Å²) in [6, 6.07) is 6.01. The number of aryl methyl sites for hydroxylation is 1. The SMILES string of the molecule is CNCc1nc(-c2ccccc2F)c(S(=O)(=O)c2cnn(C)c2)s1.Cl. The van der Waals surface area contributed by atoms with Gasteiger partial charge in [0, 0.05) is 25.4 Å². The fourth-order valence-corrected chi connectivity index (χ4v) is 5.16. The first-order valence-electron chi connectivity index (χ1n) is 7.06. The van der Waals surface area contributed by atoms with Gasteiger partial charge in [-0.1, -0.05) is 12.1 Å². The van der Waals surface area contributed by atoms with Gasteiger partial charge in [-0.3, -0.25) is 4.68 Å². The van der Waals surface area contributed by atoms with E-state index in [2.05, 4.69) is 15.4 Å². The molecule has 1 aromatic carbocycles. The molecule has 10 heteroatoms. The molecule has 0 saturated heterocycles. The second-order valence-electron chi connectivity index (χ2n) is 5.11. The summed E-state index contributed by atoms with van der Waals surface area (Å²) >= 11 is 1.03. The Morgan fingerprint density at radius 3 is 2.64 bits per heavy atom. The third kappa shape index (κ3) is 3.74. The molecule has 0 aliphatic carbocycles. The fraction of sp³-hybridized carbons (Fsp3) is 0.200. The maximum Gasteiger partial charge on any atom is 0.221 e. The molecular weight excluding hydrogens is 387 g/mol. The molecule has 134 valence electrons. The van der Waals surface area contributed by atoms with E-state index in [1.165, 1.54) is 29.2 Å². The molecule has 3 aromatic rings. The van der Waals surface area contributed by atoms with Crippen LogP contribution in [-0.2, 0) is 23.4 Å². The van der Waals surface area contributed by atoms with Crippen LogP contribution in [0.2, 0.25) is 0 Å². The number of nitrogens with zero attached hydrogens (tertiary/aromatic N) is 3. The van der Waals surface area contributed by atoms with Crippen LogP contribution in [0.15, 0.2) is 45.8 Å². The lowest BCUT2D eigenvalue weighted by Crippen LogP contribution is -2.04. The molecule has 0 amide bonds. The van der Waals surface area contributed by atoms with Crippen molar-refractivity contribution in [2.24, 2.45) is 7.05 Å². The molecule has 0 aliphatic heterocycles. The molecule has 0 saturated carbocycles. The van der Waals surface area contributed by atoms with Crippen LogP contribution in [0.3, 0.4) is 0 Å². The maximum atomic E-state index is 14.2. The Balaban J connectivity index is 0.00000225. The van der Waals surface area contributed by atoms with E-state index in [1.54, 1.807) is 26.2 Å². The highest BCUT2D eigenvalue weighted by Crippen LogP contribution is 2.36. The summed E-state index contributed by atoms with van der Waals surface area (Å²) < 4.78 is 41.5. The Hall–Kier alpha value is -1.81. The molecular formula is C15H16ClFN4O2S2. The zero-order valence-corrected chi connectivity index (χ0v) is 15.9. The van der Waals surface area contributed by atoms with Gasteiger partial charge in [0.05, 0.1) is 6.20 Å². The van der Waals surface area contributed by atoms with Crippen molar-refractivity contribution in [3.63, 3.8) is 0 Å². The minimum absolute atomic E-state index is 0. The average molecular weight is 403 g/mol. The predicted molar refractivity (Wildman–Crippen MR) is 96.2 cm³/mol. The van der Waals surface area contributed by atoms with Crippen LogP contribution < -0.4 is 5.32 Å². The second-order valence-corrected chi connectivity index (χ2v) is 8.34. The summed E-state index contributed by atoms with van der Waals surface area (Å²) in [5, 5.41) is 7.40. The molecule has 2 heterocycles. The van der Waals surface area contributed by atoms with Gasteiger partial charge in [0.2, 0.25) is 9.84 Å². The topological polar surface area (TPSA) is 76.9 Å². The lowest BCUT2D eigenvalue weighted by molar-refractivity contribution is 0.597. The summed E-state index contributed by atoms with van der Waals surface area (Å²) in [7, 11) is -0.463. The number of hydrogen-bond acceptors (Lipinski definition) is 6. The molecule has 0 bridgehead atoms. The summed E-state index contributed by atoms with van der Waals surface area (Å²) in [4.78, 5) is 4.40. The number of rotatable bonds is 5. The number of hydrogen-bond donors (Lipinski definition) is 1. The van der Waals surface area contributed by atoms with Gasteiger partial charge in [-0.15, -0.1) is 23.7 Å². The molecule has 25 heavy (non-hydrogen) atoms. The number of benzene rings is 1. The normalized spacial score (nSPS) is 11.3. The number of aromatic nitrogens is 3. The molecule has 0 atom stereocenters. The predicted octanol–water partition coefficient (Wildman–Crippen LogP) is 2.66. The van der Waals surface area contributed by atoms with Gasteiger partial charge in [-0.2, -0.15) is 5.10 Å². The first kappa shape index (κ1) is 19.5. The maximum absolute atomic E-state index is 14.2. The highest BCUT2D eigenvalue weighted by Gasteiger charge is 2.29. The first-order valence-corrected chi connectivity index (χ1v) is 9.36. The number of nitrogens with one attached hydrogen (secondary N) is 1. The van der Waals surface area contributed by atoms with Gasteiger partial charge in [-0.05, 0) is 19.2 Å². The minimum atomic E-state index is -3.83. The van der Waals surface area contributed by atoms with Crippen LogP contribution >= 0.6 is 23.7 Å². The van der Waals surface area contributed by atoms with E-state index in [1.807, 2.05) is 0 Å². The molecule has 0 unspecified atom stereocenters. The van der Waals surface area contributed by atoms with Crippen molar-refractivity contribution >= 4 is 33.6 Å². The molecule has 0 radical (unpaired) electrons. The van der Waals surface area contributed by atoms with Crippen LogP contribution in [0.25, 0.3) is 11.3 Å². The second kappa shape index (κ2) is 7.61. The zero-order valence-electron chi connectivity index (χ0n) is 13.4. The number of halogens is 2. The number of sulfone groups is 1. The summed E-state index contributed by atoms with van der Waals surface area (Å²) in [5.74, 6) is -0.513. The van der Waals surface area contributed by atoms with Gasteiger partial charge < -0.3 is 5.32 Å². The molecule has 1 N–H and O–H groups in total. The minimum Gasteiger partial charge on any atom is -0.314 e. The highest BCUT2D eigenvalue weighted by molar-refractivity contribution is 7.93. The Kier molecular flexibility index (Phi) is 5.94. The smallest absolute Gasteiger partial charge is 0.221 e. The van der Waals surface area contributed by atoms with Crippen molar-refractivity contribution in [2.45, 2.75) is 15.6 Å². The fourth-order valence-electron chi connectivity index (χ4n) is 2.23. The van der Waals surface area contributed by atoms with E-state index in [9.17, 15) is 12.8 Å². The van der Waals surface area contributed by atoms with Gasteiger partial charge in [0.15, 0.2) is 4.21 Å². The summed E-state index contributed by atoms with van der Waals surface area (Å²) in [5.41, 5.74) is 0.297. The standard InChI is InChI=1S/C15H15FN4O2S2.ClH/c1-17-8-13-19-14(11-5-3-4-6-12(11)16)15(23-13)24(21,22)10-7-18-20(2)9-10;/h3-7,9,17H,8H2,1-2H3;1H. The van der Waals surface area contributed by atoms with E-state index in [0.29, 0.717) is 11.6 Å². The third-order valence-electron chi connectivity index (χ3n) is 3.33.